The molecule has 0 bridgehead atoms. The lowest BCUT2D eigenvalue weighted by molar-refractivity contribution is -0.286. The predicted octanol–water partition coefficient (Wildman–Crippen LogP) is 5.64. The van der Waals surface area contributed by atoms with E-state index in [0.29, 0.717) is 35.2 Å². The molecule has 188 valence electrons. The maximum atomic E-state index is 13.4. The van der Waals surface area contributed by atoms with E-state index >= 15 is 0 Å². The fourth-order valence-corrected chi connectivity index (χ4v) is 4.19. The van der Waals surface area contributed by atoms with E-state index in [4.69, 9.17) is 0 Å². The molecule has 2 aromatic carbocycles. The molecule has 1 saturated carbocycles. The summed E-state index contributed by atoms with van der Waals surface area (Å²) in [7, 11) is 0. The van der Waals surface area contributed by atoms with Crippen molar-refractivity contribution in [3.8, 4) is 22.8 Å². The van der Waals surface area contributed by atoms with Crippen LogP contribution >= 0.6 is 0 Å². The molecule has 1 atom stereocenters. The van der Waals surface area contributed by atoms with Gasteiger partial charge in [0.15, 0.2) is 17.6 Å². The van der Waals surface area contributed by atoms with Crippen LogP contribution in [0.5, 0.6) is 11.5 Å². The van der Waals surface area contributed by atoms with Crippen LogP contribution in [0.1, 0.15) is 35.6 Å². The van der Waals surface area contributed by atoms with Crippen molar-refractivity contribution >= 4 is 11.7 Å². The normalized spacial score (nSPS) is 18.0. The number of carbonyl (C=O) groups excluding carboxylic acids is 1. The summed E-state index contributed by atoms with van der Waals surface area (Å²) in [6.07, 6.45) is -10.3. The Morgan fingerprint density at radius 3 is 2.47 bits per heavy atom. The summed E-state index contributed by atoms with van der Waals surface area (Å²) in [6, 6.07) is 12.7. The van der Waals surface area contributed by atoms with Gasteiger partial charge < -0.3 is 19.9 Å². The quantitative estimate of drug-likeness (QED) is 0.438. The van der Waals surface area contributed by atoms with Crippen LogP contribution in [0.2, 0.25) is 0 Å². The predicted molar refractivity (Wildman–Crippen MR) is 118 cm³/mol. The van der Waals surface area contributed by atoms with Gasteiger partial charge in [0.25, 0.3) is 0 Å². The first-order valence-electron chi connectivity index (χ1n) is 10.9. The van der Waals surface area contributed by atoms with Gasteiger partial charge in [-0.3, -0.25) is 4.79 Å². The summed E-state index contributed by atoms with van der Waals surface area (Å²) in [6.45, 7) is 1.71. The van der Waals surface area contributed by atoms with Crippen molar-refractivity contribution in [3.05, 3.63) is 71.3 Å². The van der Waals surface area contributed by atoms with E-state index in [1.54, 1.807) is 25.1 Å². The fourth-order valence-electron chi connectivity index (χ4n) is 4.19. The Labute approximate surface area is 201 Å². The molecule has 1 amide bonds. The average Bonchev–Trinajstić information content (AvgIpc) is 3.56. The minimum Gasteiger partial charge on any atom is -0.395 e. The number of rotatable bonds is 5. The molecule has 1 unspecified atom stereocenters. The van der Waals surface area contributed by atoms with Crippen molar-refractivity contribution in [1.82, 2.24) is 4.98 Å². The highest BCUT2D eigenvalue weighted by atomic mass is 19.4. The maximum absolute atomic E-state index is 13.4. The number of halogens is 5. The zero-order chi connectivity index (χ0) is 25.9. The number of hydrogen-bond donors (Lipinski definition) is 2. The summed E-state index contributed by atoms with van der Waals surface area (Å²) in [5.74, 6) is -0.520. The molecular weight excluding hydrogens is 487 g/mol. The topological polar surface area (TPSA) is 80.7 Å². The van der Waals surface area contributed by atoms with Gasteiger partial charge in [-0.25, -0.2) is 4.98 Å². The Balaban J connectivity index is 1.39. The summed E-state index contributed by atoms with van der Waals surface area (Å²) in [5.41, 5.74) is 0.507. The number of carbonyl (C=O) groups is 1. The molecule has 2 aliphatic rings. The van der Waals surface area contributed by atoms with E-state index in [9.17, 15) is 31.9 Å². The van der Waals surface area contributed by atoms with Gasteiger partial charge in [0, 0.05) is 5.56 Å². The Hall–Kier alpha value is -3.73. The van der Waals surface area contributed by atoms with Crippen molar-refractivity contribution in [2.75, 3.05) is 5.32 Å². The summed E-state index contributed by atoms with van der Waals surface area (Å²) in [5, 5.41) is 12.3. The van der Waals surface area contributed by atoms with Crippen molar-refractivity contribution in [2.45, 2.75) is 43.8 Å². The molecule has 5 rings (SSSR count). The minimum absolute atomic E-state index is 0.123. The van der Waals surface area contributed by atoms with Crippen LogP contribution in [0.4, 0.5) is 27.8 Å². The molecule has 11 heteroatoms. The smallest absolute Gasteiger partial charge is 0.395 e. The highest BCUT2D eigenvalue weighted by molar-refractivity contribution is 6.01. The first-order valence-corrected chi connectivity index (χ1v) is 10.9. The van der Waals surface area contributed by atoms with Crippen molar-refractivity contribution in [1.29, 1.82) is 0 Å². The standard InChI is InChI=1S/C25H19F5N2O4/c1-13-5-8-19(31-20(13)14-3-2-4-15(11-14)21(33)24(26,27)28)32-22(34)23(9-10-23)16-6-7-17-18(12-16)36-25(29,30)35-17/h2-8,11-12,21,33H,9-10H2,1H3,(H,31,32,34). The zero-order valence-corrected chi connectivity index (χ0v) is 18.7. The van der Waals surface area contributed by atoms with E-state index in [1.165, 1.54) is 36.4 Å². The SMILES string of the molecule is Cc1ccc(NC(=O)C2(c3ccc4c(c3)OC(F)(F)O4)CC2)nc1-c1cccc(C(O)C(F)(F)F)c1. The number of nitrogens with zero attached hydrogens (tertiary/aromatic N) is 1. The van der Waals surface area contributed by atoms with Gasteiger partial charge in [0.2, 0.25) is 5.91 Å². The molecule has 2 N–H and O–H groups in total. The van der Waals surface area contributed by atoms with Gasteiger partial charge in [0.05, 0.1) is 11.1 Å². The highest BCUT2D eigenvalue weighted by Gasteiger charge is 2.53. The van der Waals surface area contributed by atoms with E-state index in [1.807, 2.05) is 0 Å². The average molecular weight is 506 g/mol. The summed E-state index contributed by atoms with van der Waals surface area (Å²) >= 11 is 0. The molecule has 1 aliphatic carbocycles. The number of aromatic nitrogens is 1. The van der Waals surface area contributed by atoms with Gasteiger partial charge in [-0.2, -0.15) is 13.2 Å². The van der Waals surface area contributed by atoms with Gasteiger partial charge in [-0.05, 0) is 60.7 Å². The van der Waals surface area contributed by atoms with Crippen LogP contribution in [-0.2, 0) is 10.2 Å². The number of alkyl halides is 5. The molecule has 1 aliphatic heterocycles. The van der Waals surface area contributed by atoms with Crippen LogP contribution in [0.3, 0.4) is 0 Å². The second kappa shape index (κ2) is 8.16. The Morgan fingerprint density at radius 2 is 1.78 bits per heavy atom. The second-order valence-corrected chi connectivity index (χ2v) is 8.80. The number of amides is 1. The van der Waals surface area contributed by atoms with E-state index in [0.717, 1.165) is 0 Å². The number of anilines is 1. The third-order valence-electron chi connectivity index (χ3n) is 6.26. The Bertz CT molecular complexity index is 1350. The molecule has 36 heavy (non-hydrogen) atoms. The number of aryl methyl sites for hydroxylation is 1. The van der Waals surface area contributed by atoms with Gasteiger partial charge in [-0.1, -0.05) is 30.3 Å². The molecule has 0 radical (unpaired) electrons. The molecule has 0 spiro atoms. The van der Waals surface area contributed by atoms with Crippen molar-refractivity contribution < 1.29 is 41.3 Å². The lowest BCUT2D eigenvalue weighted by Crippen LogP contribution is -2.28. The Kier molecular flexibility index (Phi) is 5.43. The molecular formula is C25H19F5N2O4. The van der Waals surface area contributed by atoms with Crippen LogP contribution < -0.4 is 14.8 Å². The van der Waals surface area contributed by atoms with E-state index in [-0.39, 0.29) is 22.9 Å². The van der Waals surface area contributed by atoms with E-state index < -0.39 is 29.9 Å². The molecule has 1 fully saturated rings. The van der Waals surface area contributed by atoms with Crippen LogP contribution in [0, 0.1) is 6.92 Å². The number of ether oxygens (including phenoxy) is 2. The molecule has 0 saturated heterocycles. The number of benzene rings is 2. The number of aliphatic hydroxyl groups is 1. The van der Waals surface area contributed by atoms with Crippen molar-refractivity contribution in [3.63, 3.8) is 0 Å². The zero-order valence-electron chi connectivity index (χ0n) is 18.7. The van der Waals surface area contributed by atoms with Gasteiger partial charge in [-0.15, -0.1) is 8.78 Å². The second-order valence-electron chi connectivity index (χ2n) is 8.80. The monoisotopic (exact) mass is 506 g/mol. The van der Waals surface area contributed by atoms with Crippen molar-refractivity contribution in [2.24, 2.45) is 0 Å². The summed E-state index contributed by atoms with van der Waals surface area (Å²) < 4.78 is 74.5. The molecule has 3 aromatic rings. The minimum atomic E-state index is -4.82. The van der Waals surface area contributed by atoms with E-state index in [2.05, 4.69) is 19.8 Å². The fraction of sp³-hybridized carbons (Fsp3) is 0.280. The largest absolute Gasteiger partial charge is 0.586 e. The summed E-state index contributed by atoms with van der Waals surface area (Å²) in [4.78, 5) is 17.6. The third-order valence-corrected chi connectivity index (χ3v) is 6.26. The van der Waals surface area contributed by atoms with Gasteiger partial charge >= 0.3 is 12.5 Å². The van der Waals surface area contributed by atoms with Crippen LogP contribution in [-0.4, -0.2) is 28.5 Å². The number of pyridine rings is 1. The third kappa shape index (κ3) is 4.34. The van der Waals surface area contributed by atoms with Crippen LogP contribution in [0.15, 0.2) is 54.6 Å². The number of aliphatic hydroxyl groups excluding tert-OH is 1. The lowest BCUT2D eigenvalue weighted by Gasteiger charge is -2.17. The Morgan fingerprint density at radius 1 is 1.06 bits per heavy atom. The molecule has 6 nitrogen and oxygen atoms in total. The highest BCUT2D eigenvalue weighted by Crippen LogP contribution is 2.52. The first-order chi connectivity index (χ1) is 16.9. The number of nitrogens with one attached hydrogen (secondary N) is 1. The lowest BCUT2D eigenvalue weighted by atomic mass is 9.94. The van der Waals surface area contributed by atoms with Gasteiger partial charge in [0.1, 0.15) is 5.82 Å². The van der Waals surface area contributed by atoms with Crippen LogP contribution in [0.25, 0.3) is 11.3 Å². The number of fused-ring (bicyclic) bond motifs is 1. The first kappa shape index (κ1) is 24.0. The number of hydrogen-bond acceptors (Lipinski definition) is 5. The maximum Gasteiger partial charge on any atom is 0.586 e. The molecule has 2 heterocycles. The molecule has 1 aromatic heterocycles.